The molecule has 2 amide bonds. The van der Waals surface area contributed by atoms with E-state index in [1.54, 1.807) is 29.1 Å². The molecule has 0 bridgehead atoms. The minimum atomic E-state index is -0.341. The standard InChI is InChI=1S/C32H34ClN5O2S/c1-20-9-6-13-25(21(20)2)38-31-28(30(36-38)32(3,4)5)29(23-11-7-12-24(33)15-23)41-19-27(40)37(31)18-26(39)35-17-22-10-8-14-34-16-22/h6-16,29H,17-19H2,1-5H3,(H,35,39). The predicted octanol–water partition coefficient (Wildman–Crippen LogP) is 6.32. The second kappa shape index (κ2) is 11.7. The lowest BCUT2D eigenvalue weighted by Crippen LogP contribution is -2.42. The minimum Gasteiger partial charge on any atom is -0.350 e. The minimum absolute atomic E-state index is 0.130. The molecule has 41 heavy (non-hydrogen) atoms. The van der Waals surface area contributed by atoms with Crippen LogP contribution in [0.5, 0.6) is 0 Å². The number of anilines is 1. The monoisotopic (exact) mass is 587 g/mol. The number of rotatable bonds is 6. The SMILES string of the molecule is Cc1cccc(-n2nc(C(C)(C)C)c3c2N(CC(=O)NCc2cccnc2)C(=O)CSC3c2cccc(Cl)c2)c1C. The van der Waals surface area contributed by atoms with Crippen LogP contribution in [0.4, 0.5) is 5.82 Å². The first kappa shape index (κ1) is 28.9. The number of benzene rings is 2. The molecule has 4 aromatic rings. The van der Waals surface area contributed by atoms with Crippen LogP contribution in [0.15, 0.2) is 67.0 Å². The van der Waals surface area contributed by atoms with E-state index in [1.807, 2.05) is 53.2 Å². The van der Waals surface area contributed by atoms with Crippen molar-refractivity contribution in [3.63, 3.8) is 0 Å². The molecule has 1 atom stereocenters. The van der Waals surface area contributed by atoms with Crippen molar-refractivity contribution in [2.24, 2.45) is 0 Å². The van der Waals surface area contributed by atoms with Gasteiger partial charge in [0.15, 0.2) is 0 Å². The van der Waals surface area contributed by atoms with Crippen LogP contribution in [0.3, 0.4) is 0 Å². The number of aromatic nitrogens is 3. The van der Waals surface area contributed by atoms with Gasteiger partial charge in [-0.3, -0.25) is 19.5 Å². The zero-order valence-electron chi connectivity index (χ0n) is 23.9. The number of hydrogen-bond donors (Lipinski definition) is 1. The van der Waals surface area contributed by atoms with E-state index in [0.717, 1.165) is 39.2 Å². The van der Waals surface area contributed by atoms with E-state index in [0.29, 0.717) is 17.4 Å². The van der Waals surface area contributed by atoms with Crippen molar-refractivity contribution in [3.8, 4) is 5.69 Å². The summed E-state index contributed by atoms with van der Waals surface area (Å²) in [5.74, 6) is 0.424. The number of nitrogens with one attached hydrogen (secondary N) is 1. The Kier molecular flexibility index (Phi) is 8.25. The Bertz CT molecular complexity index is 1600. The van der Waals surface area contributed by atoms with Crippen molar-refractivity contribution >= 4 is 41.0 Å². The van der Waals surface area contributed by atoms with E-state index >= 15 is 0 Å². The summed E-state index contributed by atoms with van der Waals surface area (Å²) < 4.78 is 1.87. The predicted molar refractivity (Wildman–Crippen MR) is 166 cm³/mol. The average molecular weight is 588 g/mol. The van der Waals surface area contributed by atoms with Crippen molar-refractivity contribution in [1.29, 1.82) is 0 Å². The summed E-state index contributed by atoms with van der Waals surface area (Å²) in [7, 11) is 0. The maximum atomic E-state index is 13.9. The number of carbonyl (C=O) groups excluding carboxylic acids is 2. The third-order valence-electron chi connectivity index (χ3n) is 7.27. The lowest BCUT2D eigenvalue weighted by molar-refractivity contribution is -0.123. The molecule has 1 aliphatic heterocycles. The largest absolute Gasteiger partial charge is 0.350 e. The van der Waals surface area contributed by atoms with Crippen LogP contribution in [0.25, 0.3) is 5.69 Å². The van der Waals surface area contributed by atoms with Gasteiger partial charge in [0, 0.05) is 34.9 Å². The van der Waals surface area contributed by atoms with Gasteiger partial charge in [0.05, 0.1) is 22.4 Å². The van der Waals surface area contributed by atoms with Gasteiger partial charge in [-0.25, -0.2) is 4.68 Å². The summed E-state index contributed by atoms with van der Waals surface area (Å²) >= 11 is 7.99. The highest BCUT2D eigenvalue weighted by Gasteiger charge is 2.40. The molecular weight excluding hydrogens is 554 g/mol. The summed E-state index contributed by atoms with van der Waals surface area (Å²) in [5.41, 5.74) is 6.39. The zero-order valence-corrected chi connectivity index (χ0v) is 25.5. The molecule has 0 saturated carbocycles. The maximum absolute atomic E-state index is 13.9. The fourth-order valence-electron chi connectivity index (χ4n) is 5.04. The Morgan fingerprint density at radius 3 is 2.61 bits per heavy atom. The molecular formula is C32H34ClN5O2S. The Balaban J connectivity index is 1.69. The Hall–Kier alpha value is -3.62. The number of hydrogen-bond acceptors (Lipinski definition) is 5. The van der Waals surface area contributed by atoms with Gasteiger partial charge in [0.2, 0.25) is 11.8 Å². The summed E-state index contributed by atoms with van der Waals surface area (Å²) in [5, 5.41) is 8.58. The first-order valence-electron chi connectivity index (χ1n) is 13.6. The molecule has 0 fully saturated rings. The number of thioether (sulfide) groups is 1. The zero-order chi connectivity index (χ0) is 29.3. The van der Waals surface area contributed by atoms with Gasteiger partial charge < -0.3 is 5.32 Å². The average Bonchev–Trinajstić information content (AvgIpc) is 3.27. The fraction of sp³-hybridized carbons (Fsp3) is 0.312. The Morgan fingerprint density at radius 1 is 1.12 bits per heavy atom. The van der Waals surface area contributed by atoms with Gasteiger partial charge >= 0.3 is 0 Å². The fourth-order valence-corrected chi connectivity index (χ4v) is 6.43. The Labute approximate surface area is 250 Å². The van der Waals surface area contributed by atoms with Crippen molar-refractivity contribution in [3.05, 3.63) is 106 Å². The van der Waals surface area contributed by atoms with Crippen LogP contribution in [0.2, 0.25) is 5.02 Å². The number of carbonyl (C=O) groups is 2. The summed E-state index contributed by atoms with van der Waals surface area (Å²) in [6, 6.07) is 17.6. The summed E-state index contributed by atoms with van der Waals surface area (Å²) in [6.07, 6.45) is 3.41. The van der Waals surface area contributed by atoms with Crippen molar-refractivity contribution in [2.45, 2.75) is 51.8 Å². The van der Waals surface area contributed by atoms with Gasteiger partial charge in [0.25, 0.3) is 0 Å². The molecule has 5 rings (SSSR count). The van der Waals surface area contributed by atoms with E-state index in [9.17, 15) is 9.59 Å². The van der Waals surface area contributed by atoms with Crippen molar-refractivity contribution in [2.75, 3.05) is 17.2 Å². The lowest BCUT2D eigenvalue weighted by Gasteiger charge is -2.25. The highest BCUT2D eigenvalue weighted by atomic mass is 35.5. The van der Waals surface area contributed by atoms with E-state index in [2.05, 4.69) is 51.0 Å². The first-order chi connectivity index (χ1) is 19.5. The van der Waals surface area contributed by atoms with Crippen LogP contribution in [0, 0.1) is 13.8 Å². The number of halogens is 1. The first-order valence-corrected chi connectivity index (χ1v) is 15.0. The molecule has 2 aromatic heterocycles. The van der Waals surface area contributed by atoms with Crippen LogP contribution >= 0.6 is 23.4 Å². The molecule has 7 nitrogen and oxygen atoms in total. The molecule has 2 aromatic carbocycles. The van der Waals surface area contributed by atoms with E-state index < -0.39 is 0 Å². The van der Waals surface area contributed by atoms with E-state index in [4.69, 9.17) is 16.7 Å². The van der Waals surface area contributed by atoms with Crippen LogP contribution in [-0.2, 0) is 21.5 Å². The summed E-state index contributed by atoms with van der Waals surface area (Å²) in [4.78, 5) is 32.9. The topological polar surface area (TPSA) is 80.1 Å². The maximum Gasteiger partial charge on any atom is 0.240 e. The second-order valence-electron chi connectivity index (χ2n) is 11.3. The van der Waals surface area contributed by atoms with Crippen LogP contribution < -0.4 is 10.2 Å². The van der Waals surface area contributed by atoms with E-state index in [1.165, 1.54) is 0 Å². The van der Waals surface area contributed by atoms with Gasteiger partial charge in [-0.15, -0.1) is 11.8 Å². The van der Waals surface area contributed by atoms with Gasteiger partial charge in [-0.2, -0.15) is 5.10 Å². The molecule has 1 unspecified atom stereocenters. The highest BCUT2D eigenvalue weighted by Crippen LogP contribution is 2.48. The number of pyridine rings is 1. The normalized spacial score (nSPS) is 15.4. The van der Waals surface area contributed by atoms with Gasteiger partial charge in [-0.05, 0) is 60.4 Å². The van der Waals surface area contributed by atoms with Gasteiger partial charge in [0.1, 0.15) is 12.4 Å². The van der Waals surface area contributed by atoms with Crippen molar-refractivity contribution < 1.29 is 9.59 Å². The van der Waals surface area contributed by atoms with Gasteiger partial charge in [-0.1, -0.05) is 62.7 Å². The molecule has 3 heterocycles. The molecule has 0 saturated heterocycles. The molecule has 9 heteroatoms. The quantitative estimate of drug-likeness (QED) is 0.285. The highest BCUT2D eigenvalue weighted by molar-refractivity contribution is 8.00. The molecule has 0 radical (unpaired) electrons. The number of amides is 2. The smallest absolute Gasteiger partial charge is 0.240 e. The molecule has 0 aliphatic carbocycles. The lowest BCUT2D eigenvalue weighted by atomic mass is 9.87. The molecule has 1 aliphatic rings. The molecule has 212 valence electrons. The van der Waals surface area contributed by atoms with Crippen LogP contribution in [0.1, 0.15) is 59.5 Å². The summed E-state index contributed by atoms with van der Waals surface area (Å²) in [6.45, 7) is 10.7. The molecule has 0 spiro atoms. The number of aryl methyl sites for hydroxylation is 1. The number of fused-ring (bicyclic) bond motifs is 1. The van der Waals surface area contributed by atoms with Crippen molar-refractivity contribution in [1.82, 2.24) is 20.1 Å². The Morgan fingerprint density at radius 2 is 1.90 bits per heavy atom. The number of nitrogens with zero attached hydrogens (tertiary/aromatic N) is 4. The van der Waals surface area contributed by atoms with E-state index in [-0.39, 0.29) is 34.8 Å². The van der Waals surface area contributed by atoms with Crippen LogP contribution in [-0.4, -0.2) is 38.9 Å². The second-order valence-corrected chi connectivity index (χ2v) is 12.9. The third-order valence-corrected chi connectivity index (χ3v) is 8.76. The third kappa shape index (κ3) is 6.04. The molecule has 1 N–H and O–H groups in total.